The third-order valence-electron chi connectivity index (χ3n) is 2.90. The topological polar surface area (TPSA) is 55.1 Å². The molecule has 0 aliphatic rings. The van der Waals surface area contributed by atoms with Crippen molar-refractivity contribution in [3.8, 4) is 0 Å². The fourth-order valence-corrected chi connectivity index (χ4v) is 1.79. The summed E-state index contributed by atoms with van der Waals surface area (Å²) in [5.41, 5.74) is 8.07. The van der Waals surface area contributed by atoms with Crippen LogP contribution in [0.3, 0.4) is 0 Å². The Hall–Kier alpha value is -1.35. The van der Waals surface area contributed by atoms with Gasteiger partial charge in [0.15, 0.2) is 0 Å². The molecule has 1 unspecified atom stereocenters. The molecule has 100 valence electrons. The van der Waals surface area contributed by atoms with Gasteiger partial charge in [-0.05, 0) is 30.5 Å². The summed E-state index contributed by atoms with van der Waals surface area (Å²) in [6.45, 7) is 5.91. The van der Waals surface area contributed by atoms with Crippen LogP contribution in [0.2, 0.25) is 0 Å². The van der Waals surface area contributed by atoms with Crippen LogP contribution < -0.4 is 11.1 Å². The minimum Gasteiger partial charge on any atom is -0.327 e. The number of nitrogens with two attached hydrogens (primary N) is 1. The Morgan fingerprint density at radius 1 is 1.28 bits per heavy atom. The molecule has 0 saturated heterocycles. The number of hydrogen-bond donors (Lipinski definition) is 2. The van der Waals surface area contributed by atoms with Crippen LogP contribution >= 0.6 is 0 Å². The summed E-state index contributed by atoms with van der Waals surface area (Å²) in [6.07, 6.45) is 3.06. The fourth-order valence-electron chi connectivity index (χ4n) is 1.79. The molecule has 1 amide bonds. The third-order valence-corrected chi connectivity index (χ3v) is 2.90. The molecule has 0 spiro atoms. The lowest BCUT2D eigenvalue weighted by atomic mass is 10.0. The highest BCUT2D eigenvalue weighted by Gasteiger charge is 2.07. The molecule has 3 nitrogen and oxygen atoms in total. The molecule has 0 fully saturated rings. The molecule has 3 N–H and O–H groups in total. The SMILES string of the molecule is CCCC(N)Cc1ccc(NC(=O)C(C)C)cc1. The molecule has 1 aromatic carbocycles. The zero-order chi connectivity index (χ0) is 13.5. The second-order valence-corrected chi connectivity index (χ2v) is 5.09. The molecule has 1 atom stereocenters. The Balaban J connectivity index is 2.54. The second kappa shape index (κ2) is 7.17. The highest BCUT2D eigenvalue weighted by atomic mass is 16.1. The number of carbonyl (C=O) groups excluding carboxylic acids is 1. The first-order valence-electron chi connectivity index (χ1n) is 6.68. The van der Waals surface area contributed by atoms with Crippen molar-refractivity contribution < 1.29 is 4.79 Å². The number of anilines is 1. The maximum absolute atomic E-state index is 11.5. The van der Waals surface area contributed by atoms with Gasteiger partial charge in [0.2, 0.25) is 5.91 Å². The molecular weight excluding hydrogens is 224 g/mol. The van der Waals surface area contributed by atoms with E-state index in [1.165, 1.54) is 5.56 Å². The molecule has 18 heavy (non-hydrogen) atoms. The van der Waals surface area contributed by atoms with Crippen LogP contribution in [0.25, 0.3) is 0 Å². The van der Waals surface area contributed by atoms with Crippen LogP contribution in [-0.4, -0.2) is 11.9 Å². The Bertz CT molecular complexity index is 371. The minimum absolute atomic E-state index is 0.00246. The van der Waals surface area contributed by atoms with Crippen LogP contribution in [0.15, 0.2) is 24.3 Å². The first kappa shape index (κ1) is 14.7. The van der Waals surface area contributed by atoms with Gasteiger partial charge in [0.05, 0.1) is 0 Å². The monoisotopic (exact) mass is 248 g/mol. The van der Waals surface area contributed by atoms with Crippen molar-refractivity contribution in [3.63, 3.8) is 0 Å². The maximum atomic E-state index is 11.5. The van der Waals surface area contributed by atoms with Gasteiger partial charge in [-0.3, -0.25) is 4.79 Å². The molecule has 0 aromatic heterocycles. The predicted molar refractivity (Wildman–Crippen MR) is 76.5 cm³/mol. The van der Waals surface area contributed by atoms with Gasteiger partial charge < -0.3 is 11.1 Å². The number of hydrogen-bond acceptors (Lipinski definition) is 2. The summed E-state index contributed by atoms with van der Waals surface area (Å²) >= 11 is 0. The minimum atomic E-state index is 0.00246. The zero-order valence-electron chi connectivity index (χ0n) is 11.6. The molecule has 1 aromatic rings. The van der Waals surface area contributed by atoms with Gasteiger partial charge in [-0.1, -0.05) is 39.3 Å². The van der Waals surface area contributed by atoms with Crippen molar-refractivity contribution in [1.29, 1.82) is 0 Å². The molecule has 3 heteroatoms. The summed E-state index contributed by atoms with van der Waals surface area (Å²) in [4.78, 5) is 11.5. The maximum Gasteiger partial charge on any atom is 0.226 e. The molecular formula is C15H24N2O. The molecule has 0 radical (unpaired) electrons. The van der Waals surface area contributed by atoms with Crippen LogP contribution in [0, 0.1) is 5.92 Å². The summed E-state index contributed by atoms with van der Waals surface area (Å²) in [6, 6.07) is 8.17. The van der Waals surface area contributed by atoms with E-state index in [1.807, 2.05) is 38.1 Å². The fraction of sp³-hybridized carbons (Fsp3) is 0.533. The Morgan fingerprint density at radius 3 is 2.39 bits per heavy atom. The Morgan fingerprint density at radius 2 is 1.89 bits per heavy atom. The van der Waals surface area contributed by atoms with Gasteiger partial charge >= 0.3 is 0 Å². The largest absolute Gasteiger partial charge is 0.327 e. The van der Waals surface area contributed by atoms with Crippen molar-refractivity contribution in [2.24, 2.45) is 11.7 Å². The standard InChI is InChI=1S/C15H24N2O/c1-4-5-13(16)10-12-6-8-14(9-7-12)17-15(18)11(2)3/h6-9,11,13H,4-5,10,16H2,1-3H3,(H,17,18). The van der Waals surface area contributed by atoms with Crippen LogP contribution in [-0.2, 0) is 11.2 Å². The van der Waals surface area contributed by atoms with E-state index >= 15 is 0 Å². The van der Waals surface area contributed by atoms with E-state index in [0.29, 0.717) is 0 Å². The first-order valence-corrected chi connectivity index (χ1v) is 6.68. The average molecular weight is 248 g/mol. The zero-order valence-corrected chi connectivity index (χ0v) is 11.6. The number of amides is 1. The lowest BCUT2D eigenvalue weighted by Gasteiger charge is -2.11. The van der Waals surface area contributed by atoms with E-state index in [1.54, 1.807) is 0 Å². The molecule has 0 bridgehead atoms. The molecule has 0 heterocycles. The third kappa shape index (κ3) is 4.88. The van der Waals surface area contributed by atoms with Crippen molar-refractivity contribution in [3.05, 3.63) is 29.8 Å². The van der Waals surface area contributed by atoms with E-state index in [-0.39, 0.29) is 17.9 Å². The number of rotatable bonds is 6. The van der Waals surface area contributed by atoms with E-state index in [9.17, 15) is 4.79 Å². The Labute approximate surface area is 110 Å². The van der Waals surface area contributed by atoms with Crippen molar-refractivity contribution >= 4 is 11.6 Å². The van der Waals surface area contributed by atoms with E-state index in [0.717, 1.165) is 24.9 Å². The smallest absolute Gasteiger partial charge is 0.226 e. The van der Waals surface area contributed by atoms with Gasteiger partial charge in [0.25, 0.3) is 0 Å². The summed E-state index contributed by atoms with van der Waals surface area (Å²) in [5, 5.41) is 2.88. The highest BCUT2D eigenvalue weighted by molar-refractivity contribution is 5.91. The van der Waals surface area contributed by atoms with Crippen molar-refractivity contribution in [2.75, 3.05) is 5.32 Å². The van der Waals surface area contributed by atoms with Crippen LogP contribution in [0.5, 0.6) is 0 Å². The van der Waals surface area contributed by atoms with E-state index in [4.69, 9.17) is 5.73 Å². The summed E-state index contributed by atoms with van der Waals surface area (Å²) < 4.78 is 0. The van der Waals surface area contributed by atoms with Gasteiger partial charge in [0, 0.05) is 17.6 Å². The van der Waals surface area contributed by atoms with Gasteiger partial charge in [-0.15, -0.1) is 0 Å². The van der Waals surface area contributed by atoms with E-state index < -0.39 is 0 Å². The predicted octanol–water partition coefficient (Wildman–Crippen LogP) is 2.95. The molecule has 0 aliphatic carbocycles. The summed E-state index contributed by atoms with van der Waals surface area (Å²) in [5.74, 6) is 0.0492. The normalized spacial score (nSPS) is 12.5. The van der Waals surface area contributed by atoms with Crippen molar-refractivity contribution in [1.82, 2.24) is 0 Å². The van der Waals surface area contributed by atoms with Gasteiger partial charge in [-0.2, -0.15) is 0 Å². The molecule has 1 rings (SSSR count). The van der Waals surface area contributed by atoms with Gasteiger partial charge in [0.1, 0.15) is 0 Å². The quantitative estimate of drug-likeness (QED) is 0.813. The van der Waals surface area contributed by atoms with Crippen LogP contribution in [0.1, 0.15) is 39.2 Å². The van der Waals surface area contributed by atoms with Crippen molar-refractivity contribution in [2.45, 2.75) is 46.1 Å². The Kier molecular flexibility index (Phi) is 5.86. The first-order chi connectivity index (χ1) is 8.52. The van der Waals surface area contributed by atoms with E-state index in [2.05, 4.69) is 12.2 Å². The molecule has 0 aliphatic heterocycles. The van der Waals surface area contributed by atoms with Crippen LogP contribution in [0.4, 0.5) is 5.69 Å². The number of benzene rings is 1. The lowest BCUT2D eigenvalue weighted by Crippen LogP contribution is -2.22. The number of nitrogens with one attached hydrogen (secondary N) is 1. The van der Waals surface area contributed by atoms with Gasteiger partial charge in [-0.25, -0.2) is 0 Å². The second-order valence-electron chi connectivity index (χ2n) is 5.09. The number of carbonyl (C=O) groups is 1. The summed E-state index contributed by atoms with van der Waals surface area (Å²) in [7, 11) is 0. The lowest BCUT2D eigenvalue weighted by molar-refractivity contribution is -0.118. The highest BCUT2D eigenvalue weighted by Crippen LogP contribution is 2.13. The molecule has 0 saturated carbocycles. The average Bonchev–Trinajstić information content (AvgIpc) is 2.31.